The molecule has 3 aromatic rings. The lowest BCUT2D eigenvalue weighted by Gasteiger charge is -2.13. The van der Waals surface area contributed by atoms with Crippen molar-refractivity contribution >= 4 is 0 Å². The molecule has 0 aliphatic rings. The van der Waals surface area contributed by atoms with Gasteiger partial charge in [0, 0.05) is 22.4 Å². The second-order valence-corrected chi connectivity index (χ2v) is 5.93. The van der Waals surface area contributed by atoms with Crippen molar-refractivity contribution in [3.05, 3.63) is 75.6 Å². The number of para-hydroxylation sites is 1. The third kappa shape index (κ3) is 3.05. The molecular formula is C21H18N2O2. The smallest absolute Gasteiger partial charge is 0.266 e. The molecule has 0 aliphatic carbocycles. The molecule has 1 aromatic heterocycles. The lowest BCUT2D eigenvalue weighted by Crippen LogP contribution is -2.13. The highest BCUT2D eigenvalue weighted by molar-refractivity contribution is 5.79. The van der Waals surface area contributed by atoms with Crippen LogP contribution in [0.1, 0.15) is 16.7 Å². The highest BCUT2D eigenvalue weighted by Gasteiger charge is 2.16. The molecule has 0 amide bonds. The van der Waals surface area contributed by atoms with Gasteiger partial charge in [0.05, 0.1) is 7.11 Å². The van der Waals surface area contributed by atoms with Gasteiger partial charge in [-0.2, -0.15) is 5.26 Å². The Hall–Kier alpha value is -3.32. The van der Waals surface area contributed by atoms with Gasteiger partial charge in [0.15, 0.2) is 0 Å². The van der Waals surface area contributed by atoms with E-state index in [0.29, 0.717) is 17.0 Å². The van der Waals surface area contributed by atoms with Crippen LogP contribution in [0.2, 0.25) is 0 Å². The Morgan fingerprint density at radius 1 is 1.00 bits per heavy atom. The van der Waals surface area contributed by atoms with Crippen molar-refractivity contribution in [1.29, 1.82) is 5.26 Å². The van der Waals surface area contributed by atoms with Crippen LogP contribution in [0.5, 0.6) is 5.75 Å². The number of ether oxygens (including phenoxy) is 1. The van der Waals surface area contributed by atoms with Gasteiger partial charge in [-0.25, -0.2) is 0 Å². The maximum Gasteiger partial charge on any atom is 0.266 e. The molecule has 0 atom stereocenters. The Labute approximate surface area is 146 Å². The van der Waals surface area contributed by atoms with Gasteiger partial charge in [0.2, 0.25) is 0 Å². The SMILES string of the molecule is COc1ccccc1-c1cc(-c2cc(C)ccc2C)[nH]c(=O)c1C#N. The van der Waals surface area contributed by atoms with E-state index in [9.17, 15) is 10.1 Å². The highest BCUT2D eigenvalue weighted by Crippen LogP contribution is 2.33. The molecule has 2 aromatic carbocycles. The quantitative estimate of drug-likeness (QED) is 0.782. The standard InChI is InChI=1S/C21H18N2O2/c1-13-8-9-14(2)16(10-13)19-11-17(18(12-22)21(24)23-19)15-6-4-5-7-20(15)25-3/h4-11H,1-3H3,(H,23,24). The van der Waals surface area contributed by atoms with E-state index in [1.165, 1.54) is 0 Å². The first-order valence-electron chi connectivity index (χ1n) is 7.93. The molecule has 0 fully saturated rings. The maximum absolute atomic E-state index is 12.5. The number of nitrogens with zero attached hydrogens (tertiary/aromatic N) is 1. The summed E-state index contributed by atoms with van der Waals surface area (Å²) in [6.45, 7) is 4.00. The first-order valence-corrected chi connectivity index (χ1v) is 7.93. The number of methoxy groups -OCH3 is 1. The van der Waals surface area contributed by atoms with Crippen molar-refractivity contribution in [2.24, 2.45) is 0 Å². The molecular weight excluding hydrogens is 312 g/mol. The first kappa shape index (κ1) is 16.5. The van der Waals surface area contributed by atoms with Crippen LogP contribution in [0.15, 0.2) is 53.3 Å². The van der Waals surface area contributed by atoms with Crippen LogP contribution in [-0.4, -0.2) is 12.1 Å². The largest absolute Gasteiger partial charge is 0.496 e. The van der Waals surface area contributed by atoms with Crippen LogP contribution >= 0.6 is 0 Å². The first-order chi connectivity index (χ1) is 12.0. The summed E-state index contributed by atoms with van der Waals surface area (Å²) in [5.41, 5.74) is 4.75. The van der Waals surface area contributed by atoms with Gasteiger partial charge in [-0.15, -0.1) is 0 Å². The van der Waals surface area contributed by atoms with Crippen LogP contribution in [0.3, 0.4) is 0 Å². The predicted octanol–water partition coefficient (Wildman–Crippen LogP) is 4.21. The van der Waals surface area contributed by atoms with Crippen molar-refractivity contribution in [2.75, 3.05) is 7.11 Å². The van der Waals surface area contributed by atoms with Gasteiger partial charge in [-0.05, 0) is 37.6 Å². The Bertz CT molecular complexity index is 1040. The van der Waals surface area contributed by atoms with E-state index < -0.39 is 5.56 Å². The minimum absolute atomic E-state index is 0.0820. The van der Waals surface area contributed by atoms with Crippen molar-refractivity contribution in [3.63, 3.8) is 0 Å². The molecule has 4 nitrogen and oxygen atoms in total. The zero-order valence-electron chi connectivity index (χ0n) is 14.4. The van der Waals surface area contributed by atoms with E-state index in [1.807, 2.05) is 68.4 Å². The van der Waals surface area contributed by atoms with Crippen molar-refractivity contribution in [3.8, 4) is 34.2 Å². The summed E-state index contributed by atoms with van der Waals surface area (Å²) >= 11 is 0. The lowest BCUT2D eigenvalue weighted by atomic mass is 9.96. The summed E-state index contributed by atoms with van der Waals surface area (Å²) in [7, 11) is 1.57. The van der Waals surface area contributed by atoms with Crippen LogP contribution in [0, 0.1) is 25.2 Å². The predicted molar refractivity (Wildman–Crippen MR) is 98.7 cm³/mol. The molecule has 0 saturated heterocycles. The average molecular weight is 330 g/mol. The summed E-state index contributed by atoms with van der Waals surface area (Å²) in [6, 6.07) is 17.3. The number of nitrogens with one attached hydrogen (secondary N) is 1. The molecule has 1 heterocycles. The normalized spacial score (nSPS) is 10.3. The molecule has 124 valence electrons. The van der Waals surface area contributed by atoms with Crippen LogP contribution in [0.25, 0.3) is 22.4 Å². The number of pyridine rings is 1. The monoisotopic (exact) mass is 330 g/mol. The molecule has 25 heavy (non-hydrogen) atoms. The van der Waals surface area contributed by atoms with Crippen LogP contribution in [-0.2, 0) is 0 Å². The summed E-state index contributed by atoms with van der Waals surface area (Å²) in [5, 5.41) is 9.47. The van der Waals surface area contributed by atoms with Crippen molar-refractivity contribution < 1.29 is 4.74 Å². The highest BCUT2D eigenvalue weighted by atomic mass is 16.5. The van der Waals surface area contributed by atoms with Crippen molar-refractivity contribution in [2.45, 2.75) is 13.8 Å². The number of benzene rings is 2. The van der Waals surface area contributed by atoms with E-state index in [4.69, 9.17) is 4.74 Å². The van der Waals surface area contributed by atoms with Gasteiger partial charge in [-0.3, -0.25) is 4.79 Å². The summed E-state index contributed by atoms with van der Waals surface area (Å²) < 4.78 is 5.41. The maximum atomic E-state index is 12.5. The lowest BCUT2D eigenvalue weighted by molar-refractivity contribution is 0.416. The Kier molecular flexibility index (Phi) is 4.40. The van der Waals surface area contributed by atoms with E-state index in [-0.39, 0.29) is 5.56 Å². The molecule has 1 N–H and O–H groups in total. The second kappa shape index (κ2) is 6.66. The van der Waals surface area contributed by atoms with Gasteiger partial charge < -0.3 is 9.72 Å². The summed E-state index contributed by atoms with van der Waals surface area (Å²) in [6.07, 6.45) is 0. The Morgan fingerprint density at radius 3 is 2.48 bits per heavy atom. The Balaban J connectivity index is 2.33. The van der Waals surface area contributed by atoms with E-state index in [0.717, 1.165) is 22.3 Å². The zero-order chi connectivity index (χ0) is 18.0. The molecule has 0 radical (unpaired) electrons. The number of hydrogen-bond donors (Lipinski definition) is 1. The minimum Gasteiger partial charge on any atom is -0.496 e. The molecule has 0 bridgehead atoms. The van der Waals surface area contributed by atoms with E-state index in [2.05, 4.69) is 4.98 Å². The van der Waals surface area contributed by atoms with Gasteiger partial charge in [-0.1, -0.05) is 35.9 Å². The molecule has 0 unspecified atom stereocenters. The number of aryl methyl sites for hydroxylation is 2. The third-order valence-electron chi connectivity index (χ3n) is 4.23. The number of nitriles is 1. The zero-order valence-corrected chi connectivity index (χ0v) is 14.4. The molecule has 0 spiro atoms. The summed E-state index contributed by atoms with van der Waals surface area (Å²) in [4.78, 5) is 15.4. The number of aromatic nitrogens is 1. The fourth-order valence-corrected chi connectivity index (χ4v) is 2.92. The average Bonchev–Trinajstić information content (AvgIpc) is 2.63. The second-order valence-electron chi connectivity index (χ2n) is 5.93. The Morgan fingerprint density at radius 2 is 1.76 bits per heavy atom. The number of H-pyrrole nitrogens is 1. The molecule has 3 rings (SSSR count). The topological polar surface area (TPSA) is 65.9 Å². The van der Waals surface area contributed by atoms with Gasteiger partial charge >= 0.3 is 0 Å². The number of hydrogen-bond acceptors (Lipinski definition) is 3. The molecule has 0 aliphatic heterocycles. The fraction of sp³-hybridized carbons (Fsp3) is 0.143. The minimum atomic E-state index is -0.401. The van der Waals surface area contributed by atoms with Crippen LogP contribution in [0.4, 0.5) is 0 Å². The molecule has 4 heteroatoms. The molecule has 0 saturated carbocycles. The summed E-state index contributed by atoms with van der Waals surface area (Å²) in [5.74, 6) is 0.622. The fourth-order valence-electron chi connectivity index (χ4n) is 2.92. The van der Waals surface area contributed by atoms with E-state index >= 15 is 0 Å². The van der Waals surface area contributed by atoms with E-state index in [1.54, 1.807) is 7.11 Å². The van der Waals surface area contributed by atoms with Gasteiger partial charge in [0.25, 0.3) is 5.56 Å². The third-order valence-corrected chi connectivity index (χ3v) is 4.23. The number of rotatable bonds is 3. The van der Waals surface area contributed by atoms with Gasteiger partial charge in [0.1, 0.15) is 17.4 Å². The van der Waals surface area contributed by atoms with Crippen LogP contribution < -0.4 is 10.3 Å². The number of aromatic amines is 1. The van der Waals surface area contributed by atoms with Crippen molar-refractivity contribution in [1.82, 2.24) is 4.98 Å².